The number of amides is 1. The van der Waals surface area contributed by atoms with Gasteiger partial charge in [0.15, 0.2) is 5.06 Å². The Morgan fingerprint density at radius 3 is 2.71 bits per heavy atom. The molecule has 1 aliphatic rings. The first kappa shape index (κ1) is 21.1. The van der Waals surface area contributed by atoms with Crippen molar-refractivity contribution in [1.82, 2.24) is 15.3 Å². The van der Waals surface area contributed by atoms with Crippen molar-refractivity contribution in [3.63, 3.8) is 0 Å². The van der Waals surface area contributed by atoms with Crippen molar-refractivity contribution in [1.29, 1.82) is 0 Å². The molecule has 1 aromatic carbocycles. The Labute approximate surface area is 185 Å². The molecule has 0 bridgehead atoms. The Morgan fingerprint density at radius 2 is 1.97 bits per heavy atom. The van der Waals surface area contributed by atoms with Crippen LogP contribution in [0.3, 0.4) is 0 Å². The van der Waals surface area contributed by atoms with Crippen LogP contribution in [0.4, 0.5) is 0 Å². The van der Waals surface area contributed by atoms with Gasteiger partial charge in [-0.15, -0.1) is 0 Å². The SMILES string of the molecule is CC(=O)N[C@@H](C)COc1cnc(-c2ccc(Oc3cccc(OCC4CC4)c3)cn2)s1. The lowest BCUT2D eigenvalue weighted by atomic mass is 10.3. The van der Waals surface area contributed by atoms with E-state index in [1.165, 1.54) is 31.1 Å². The lowest BCUT2D eigenvalue weighted by molar-refractivity contribution is -0.119. The van der Waals surface area contributed by atoms with E-state index in [9.17, 15) is 4.79 Å². The monoisotopic (exact) mass is 439 g/mol. The Morgan fingerprint density at radius 1 is 1.13 bits per heavy atom. The molecule has 1 N–H and O–H groups in total. The first-order valence-electron chi connectivity index (χ1n) is 10.3. The first-order valence-corrected chi connectivity index (χ1v) is 11.1. The molecule has 2 heterocycles. The van der Waals surface area contributed by atoms with Gasteiger partial charge in [-0.1, -0.05) is 17.4 Å². The molecule has 1 saturated carbocycles. The number of hydrogen-bond acceptors (Lipinski definition) is 7. The minimum Gasteiger partial charge on any atom is -0.493 e. The minimum absolute atomic E-state index is 0.0739. The third kappa shape index (κ3) is 6.42. The van der Waals surface area contributed by atoms with Crippen LogP contribution in [0.2, 0.25) is 0 Å². The molecule has 0 aliphatic heterocycles. The number of rotatable bonds is 10. The Bertz CT molecular complexity index is 1020. The van der Waals surface area contributed by atoms with E-state index >= 15 is 0 Å². The van der Waals surface area contributed by atoms with E-state index in [1.807, 2.05) is 43.3 Å². The molecule has 1 amide bonds. The average Bonchev–Trinajstić information content (AvgIpc) is 3.47. The highest BCUT2D eigenvalue weighted by Crippen LogP contribution is 2.32. The summed E-state index contributed by atoms with van der Waals surface area (Å²) in [6.07, 6.45) is 5.86. The first-order chi connectivity index (χ1) is 15.0. The van der Waals surface area contributed by atoms with Crippen molar-refractivity contribution in [2.75, 3.05) is 13.2 Å². The summed E-state index contributed by atoms with van der Waals surface area (Å²) in [5.74, 6) is 2.79. The molecule has 0 saturated heterocycles. The maximum atomic E-state index is 11.1. The quantitative estimate of drug-likeness (QED) is 0.493. The van der Waals surface area contributed by atoms with E-state index in [2.05, 4.69) is 15.3 Å². The highest BCUT2D eigenvalue weighted by atomic mass is 32.1. The van der Waals surface area contributed by atoms with Gasteiger partial charge in [0.25, 0.3) is 0 Å². The molecule has 162 valence electrons. The second-order valence-corrected chi connectivity index (χ2v) is 8.60. The summed E-state index contributed by atoms with van der Waals surface area (Å²) in [6.45, 7) is 4.52. The van der Waals surface area contributed by atoms with Crippen molar-refractivity contribution < 1.29 is 19.0 Å². The van der Waals surface area contributed by atoms with Gasteiger partial charge in [-0.25, -0.2) is 9.97 Å². The smallest absolute Gasteiger partial charge is 0.217 e. The average molecular weight is 440 g/mol. The Hall–Kier alpha value is -3.13. The zero-order valence-electron chi connectivity index (χ0n) is 17.5. The summed E-state index contributed by atoms with van der Waals surface area (Å²) >= 11 is 1.41. The van der Waals surface area contributed by atoms with Gasteiger partial charge >= 0.3 is 0 Å². The molecule has 1 atom stereocenters. The molecule has 1 aliphatic carbocycles. The molecule has 0 unspecified atom stereocenters. The van der Waals surface area contributed by atoms with Gasteiger partial charge in [-0.2, -0.15) is 0 Å². The Balaban J connectivity index is 1.32. The zero-order chi connectivity index (χ0) is 21.6. The minimum atomic E-state index is -0.0786. The number of carbonyl (C=O) groups is 1. The van der Waals surface area contributed by atoms with E-state index in [4.69, 9.17) is 14.2 Å². The van der Waals surface area contributed by atoms with Gasteiger partial charge in [0.05, 0.1) is 30.7 Å². The van der Waals surface area contributed by atoms with Crippen LogP contribution < -0.4 is 19.5 Å². The number of pyridine rings is 1. The molecular weight excluding hydrogens is 414 g/mol. The number of nitrogens with zero attached hydrogens (tertiary/aromatic N) is 2. The second kappa shape index (κ2) is 9.78. The molecular formula is C23H25N3O4S. The lowest BCUT2D eigenvalue weighted by Crippen LogP contribution is -2.35. The van der Waals surface area contributed by atoms with E-state index in [0.29, 0.717) is 29.1 Å². The van der Waals surface area contributed by atoms with E-state index < -0.39 is 0 Å². The summed E-state index contributed by atoms with van der Waals surface area (Å²) in [5, 5.41) is 4.21. The largest absolute Gasteiger partial charge is 0.493 e. The topological polar surface area (TPSA) is 82.6 Å². The third-order valence-corrected chi connectivity index (χ3v) is 5.52. The summed E-state index contributed by atoms with van der Waals surface area (Å²) in [6, 6.07) is 11.3. The lowest BCUT2D eigenvalue weighted by Gasteiger charge is -2.12. The van der Waals surface area contributed by atoms with Crippen LogP contribution in [-0.2, 0) is 4.79 Å². The van der Waals surface area contributed by atoms with E-state index in [0.717, 1.165) is 23.1 Å². The highest BCUT2D eigenvalue weighted by Gasteiger charge is 2.21. The van der Waals surface area contributed by atoms with Crippen LogP contribution in [0.25, 0.3) is 10.7 Å². The Kier molecular flexibility index (Phi) is 6.66. The molecule has 0 radical (unpaired) electrons. The summed E-state index contributed by atoms with van der Waals surface area (Å²) in [5.41, 5.74) is 0.739. The molecule has 8 heteroatoms. The second-order valence-electron chi connectivity index (χ2n) is 7.61. The summed E-state index contributed by atoms with van der Waals surface area (Å²) in [4.78, 5) is 19.9. The number of thiazole rings is 1. The van der Waals surface area contributed by atoms with Gasteiger partial charge in [-0.3, -0.25) is 4.79 Å². The van der Waals surface area contributed by atoms with E-state index in [1.54, 1.807) is 12.4 Å². The van der Waals surface area contributed by atoms with Crippen LogP contribution in [-0.4, -0.2) is 35.1 Å². The summed E-state index contributed by atoms with van der Waals surface area (Å²) < 4.78 is 17.4. The van der Waals surface area contributed by atoms with Crippen molar-refractivity contribution >= 4 is 17.2 Å². The van der Waals surface area contributed by atoms with Gasteiger partial charge in [0.2, 0.25) is 5.91 Å². The van der Waals surface area contributed by atoms with Crippen molar-refractivity contribution in [2.24, 2.45) is 5.92 Å². The number of nitrogens with one attached hydrogen (secondary N) is 1. The van der Waals surface area contributed by atoms with Crippen LogP contribution in [0.1, 0.15) is 26.7 Å². The molecule has 7 nitrogen and oxygen atoms in total. The molecule has 3 aromatic rings. The van der Waals surface area contributed by atoms with Gasteiger partial charge < -0.3 is 19.5 Å². The molecule has 0 spiro atoms. The van der Waals surface area contributed by atoms with Crippen molar-refractivity contribution in [3.8, 4) is 33.0 Å². The molecule has 2 aromatic heterocycles. The maximum absolute atomic E-state index is 11.1. The molecule has 31 heavy (non-hydrogen) atoms. The highest BCUT2D eigenvalue weighted by molar-refractivity contribution is 7.16. The van der Waals surface area contributed by atoms with Crippen LogP contribution >= 0.6 is 11.3 Å². The fourth-order valence-corrected chi connectivity index (χ4v) is 3.62. The van der Waals surface area contributed by atoms with Crippen LogP contribution in [0.15, 0.2) is 48.8 Å². The number of carbonyl (C=O) groups excluding carboxylic acids is 1. The standard InChI is InChI=1S/C23H25N3O4S/c1-15(26-16(2)27)13-29-22-12-25-23(31-22)21-9-8-20(11-24-21)30-19-5-3-4-18(10-19)28-14-17-6-7-17/h3-5,8-12,15,17H,6-7,13-14H2,1-2H3,(H,26,27)/t15-/m0/s1. The predicted octanol–water partition coefficient (Wildman–Crippen LogP) is 4.69. The van der Waals surface area contributed by atoms with E-state index in [-0.39, 0.29) is 11.9 Å². The van der Waals surface area contributed by atoms with Crippen molar-refractivity contribution in [2.45, 2.75) is 32.7 Å². The van der Waals surface area contributed by atoms with Crippen molar-refractivity contribution in [3.05, 3.63) is 48.8 Å². The van der Waals surface area contributed by atoms with Gasteiger partial charge in [0, 0.05) is 13.0 Å². The number of benzene rings is 1. The predicted molar refractivity (Wildman–Crippen MR) is 119 cm³/mol. The molecule has 1 fully saturated rings. The molecule has 4 rings (SSSR count). The normalized spacial score (nSPS) is 14.0. The fraction of sp³-hybridized carbons (Fsp3) is 0.348. The maximum Gasteiger partial charge on any atom is 0.217 e. The van der Waals surface area contributed by atoms with Crippen LogP contribution in [0.5, 0.6) is 22.3 Å². The number of ether oxygens (including phenoxy) is 3. The third-order valence-electron chi connectivity index (χ3n) is 4.59. The number of aromatic nitrogens is 2. The van der Waals surface area contributed by atoms with Crippen LogP contribution in [0, 0.1) is 5.92 Å². The van der Waals surface area contributed by atoms with Gasteiger partial charge in [-0.05, 0) is 49.9 Å². The summed E-state index contributed by atoms with van der Waals surface area (Å²) in [7, 11) is 0. The van der Waals surface area contributed by atoms with Gasteiger partial charge in [0.1, 0.15) is 28.9 Å². The fourth-order valence-electron chi connectivity index (χ4n) is 2.87. The zero-order valence-corrected chi connectivity index (χ0v) is 18.4. The number of hydrogen-bond donors (Lipinski definition) is 1.